The van der Waals surface area contributed by atoms with Crippen LogP contribution in [0, 0.1) is 5.82 Å². The first-order valence-corrected chi connectivity index (χ1v) is 13.3. The van der Waals surface area contributed by atoms with Crippen molar-refractivity contribution in [1.82, 2.24) is 14.8 Å². The normalized spacial score (nSPS) is 20.8. The van der Waals surface area contributed by atoms with Crippen LogP contribution in [0.1, 0.15) is 51.4 Å². The van der Waals surface area contributed by atoms with Gasteiger partial charge in [-0.15, -0.1) is 0 Å². The van der Waals surface area contributed by atoms with Gasteiger partial charge in [0, 0.05) is 37.2 Å². The van der Waals surface area contributed by atoms with Gasteiger partial charge in [0.05, 0.1) is 18.3 Å². The maximum Gasteiger partial charge on any atom is 0.410 e. The molecule has 0 bridgehead atoms. The number of Topliss-reactive ketones (excluding diaryl/α,β-unsaturated/α-hetero) is 1. The number of ether oxygens (including phenoxy) is 2. The lowest BCUT2D eigenvalue weighted by Gasteiger charge is -2.40. The van der Waals surface area contributed by atoms with Crippen LogP contribution in [0.25, 0.3) is 11.3 Å². The molecular weight excluding hydrogens is 527 g/mol. The highest BCUT2D eigenvalue weighted by Crippen LogP contribution is 2.46. The highest BCUT2D eigenvalue weighted by atomic mass is 35.5. The van der Waals surface area contributed by atoms with Gasteiger partial charge in [0.15, 0.2) is 11.5 Å². The van der Waals surface area contributed by atoms with Crippen LogP contribution in [0.4, 0.5) is 15.0 Å². The van der Waals surface area contributed by atoms with E-state index in [0.717, 1.165) is 0 Å². The van der Waals surface area contributed by atoms with Gasteiger partial charge >= 0.3 is 6.09 Å². The summed E-state index contributed by atoms with van der Waals surface area (Å²) in [7, 11) is 0. The molecule has 39 heavy (non-hydrogen) atoms. The van der Waals surface area contributed by atoms with Gasteiger partial charge in [0.1, 0.15) is 34.4 Å². The van der Waals surface area contributed by atoms with Crippen molar-refractivity contribution in [2.75, 3.05) is 37.7 Å². The van der Waals surface area contributed by atoms with Crippen molar-refractivity contribution in [2.45, 2.75) is 58.2 Å². The summed E-state index contributed by atoms with van der Waals surface area (Å²) in [5.74, 6) is -0.568. The van der Waals surface area contributed by atoms with E-state index in [1.54, 1.807) is 53.7 Å². The summed E-state index contributed by atoms with van der Waals surface area (Å²) < 4.78 is 26.6. The van der Waals surface area contributed by atoms with Crippen LogP contribution >= 0.6 is 11.6 Å². The number of carbonyl (C=O) groups is 3. The monoisotopic (exact) mass is 558 g/mol. The van der Waals surface area contributed by atoms with Crippen molar-refractivity contribution in [3.63, 3.8) is 0 Å². The largest absolute Gasteiger partial charge is 0.489 e. The first-order valence-electron chi connectivity index (χ1n) is 13.0. The molecule has 2 aromatic rings. The van der Waals surface area contributed by atoms with Gasteiger partial charge < -0.3 is 24.2 Å². The number of piperazine rings is 1. The van der Waals surface area contributed by atoms with Gasteiger partial charge in [0.2, 0.25) is 0 Å². The van der Waals surface area contributed by atoms with E-state index >= 15 is 0 Å². The van der Waals surface area contributed by atoms with Crippen LogP contribution in [-0.2, 0) is 9.53 Å². The number of anilines is 1. The zero-order valence-corrected chi connectivity index (χ0v) is 23.5. The third-order valence-corrected chi connectivity index (χ3v) is 7.54. The zero-order chi connectivity index (χ0) is 28.3. The van der Waals surface area contributed by atoms with Gasteiger partial charge in [-0.05, 0) is 46.8 Å². The standard InChI is InChI=1S/C28H32ClFN4O5/c1-27(2,3)39-26(37)32-10-11-33-16(13-32)15-38-23-20(25(33)36)24(34-14-17(35)12-28(34,4)5)31-22(21(23)29)18-8-6-7-9-19(18)30/h6-9,16H,10-15H2,1-5H3. The minimum atomic E-state index is -0.655. The first kappa shape index (κ1) is 27.2. The molecule has 3 aliphatic heterocycles. The molecule has 0 aliphatic carbocycles. The van der Waals surface area contributed by atoms with Gasteiger partial charge in [-0.2, -0.15) is 0 Å². The quantitative estimate of drug-likeness (QED) is 0.534. The number of rotatable bonds is 2. The number of aromatic nitrogens is 1. The van der Waals surface area contributed by atoms with Gasteiger partial charge in [0.25, 0.3) is 5.91 Å². The second kappa shape index (κ2) is 9.66. The number of ketones is 1. The Bertz CT molecular complexity index is 1360. The topological polar surface area (TPSA) is 92.3 Å². The molecule has 208 valence electrons. The van der Waals surface area contributed by atoms with Gasteiger partial charge in [-0.1, -0.05) is 23.7 Å². The molecule has 2 saturated heterocycles. The summed E-state index contributed by atoms with van der Waals surface area (Å²) in [5, 5.41) is 0.0133. The molecule has 9 nitrogen and oxygen atoms in total. The Morgan fingerprint density at radius 1 is 1.21 bits per heavy atom. The van der Waals surface area contributed by atoms with E-state index < -0.39 is 29.1 Å². The number of pyridine rings is 1. The fraction of sp³-hybridized carbons (Fsp3) is 0.500. The van der Waals surface area contributed by atoms with Crippen molar-refractivity contribution in [3.05, 3.63) is 40.7 Å². The lowest BCUT2D eigenvalue weighted by atomic mass is 10.0. The summed E-state index contributed by atoms with van der Waals surface area (Å²) in [6.45, 7) is 10.0. The number of hydrogen-bond donors (Lipinski definition) is 0. The van der Waals surface area contributed by atoms with Crippen molar-refractivity contribution < 1.29 is 28.2 Å². The molecule has 0 saturated carbocycles. The predicted molar refractivity (Wildman–Crippen MR) is 144 cm³/mol. The van der Waals surface area contributed by atoms with Crippen LogP contribution in [0.2, 0.25) is 5.02 Å². The Morgan fingerprint density at radius 2 is 1.92 bits per heavy atom. The highest BCUT2D eigenvalue weighted by molar-refractivity contribution is 6.35. The van der Waals surface area contributed by atoms with Gasteiger partial charge in [-0.25, -0.2) is 14.2 Å². The molecule has 5 rings (SSSR count). The third-order valence-electron chi connectivity index (χ3n) is 7.18. The highest BCUT2D eigenvalue weighted by Gasteiger charge is 2.45. The lowest BCUT2D eigenvalue weighted by Crippen LogP contribution is -2.58. The maximum atomic E-state index is 14.9. The van der Waals surface area contributed by atoms with Crippen LogP contribution < -0.4 is 9.64 Å². The Morgan fingerprint density at radius 3 is 2.56 bits per heavy atom. The molecule has 3 aliphatic rings. The summed E-state index contributed by atoms with van der Waals surface area (Å²) in [5.41, 5.74) is -0.876. The van der Waals surface area contributed by atoms with Crippen molar-refractivity contribution in [2.24, 2.45) is 0 Å². The number of halogens is 2. The van der Waals surface area contributed by atoms with E-state index in [4.69, 9.17) is 26.1 Å². The average molecular weight is 559 g/mol. The molecule has 1 aromatic carbocycles. The molecular formula is C28H32ClFN4O5. The smallest absolute Gasteiger partial charge is 0.410 e. The number of amides is 2. The minimum absolute atomic E-state index is 0.00350. The molecule has 0 spiro atoms. The molecule has 1 unspecified atom stereocenters. The third kappa shape index (κ3) is 5.02. The van der Waals surface area contributed by atoms with E-state index in [9.17, 15) is 18.8 Å². The fourth-order valence-corrected chi connectivity index (χ4v) is 5.64. The lowest BCUT2D eigenvalue weighted by molar-refractivity contribution is -0.116. The van der Waals surface area contributed by atoms with Crippen LogP contribution in [0.15, 0.2) is 24.3 Å². The second-order valence-electron chi connectivity index (χ2n) is 11.8. The number of carbonyl (C=O) groups excluding carboxylic acids is 3. The van der Waals surface area contributed by atoms with Gasteiger partial charge in [-0.3, -0.25) is 9.59 Å². The van der Waals surface area contributed by atoms with Crippen molar-refractivity contribution in [1.29, 1.82) is 0 Å². The van der Waals surface area contributed by atoms with E-state index in [1.807, 2.05) is 13.8 Å². The number of nitrogens with zero attached hydrogens (tertiary/aromatic N) is 4. The summed E-state index contributed by atoms with van der Waals surface area (Å²) >= 11 is 6.80. The molecule has 0 radical (unpaired) electrons. The minimum Gasteiger partial charge on any atom is -0.489 e. The average Bonchev–Trinajstić information content (AvgIpc) is 3.03. The SMILES string of the molecule is CC(C)(C)OC(=O)N1CCN2C(=O)c3c(N4CC(=O)CC4(C)C)nc(-c4ccccc4F)c(Cl)c3OCC2C1. The van der Waals surface area contributed by atoms with E-state index in [0.29, 0.717) is 0 Å². The molecule has 1 aromatic heterocycles. The summed E-state index contributed by atoms with van der Waals surface area (Å²) in [4.78, 5) is 49.1. The molecule has 0 N–H and O–H groups in total. The van der Waals surface area contributed by atoms with Crippen LogP contribution in [-0.4, -0.2) is 82.5 Å². The molecule has 1 atom stereocenters. The Hall–Kier alpha value is -3.40. The van der Waals surface area contributed by atoms with Crippen molar-refractivity contribution >= 4 is 35.2 Å². The van der Waals surface area contributed by atoms with Crippen LogP contribution in [0.5, 0.6) is 5.75 Å². The van der Waals surface area contributed by atoms with E-state index in [-0.39, 0.29) is 84.3 Å². The fourth-order valence-electron chi connectivity index (χ4n) is 5.35. The van der Waals surface area contributed by atoms with Crippen LogP contribution in [0.3, 0.4) is 0 Å². The second-order valence-corrected chi connectivity index (χ2v) is 12.2. The predicted octanol–water partition coefficient (Wildman–Crippen LogP) is 4.55. The Kier molecular flexibility index (Phi) is 6.73. The molecule has 4 heterocycles. The number of fused-ring (bicyclic) bond motifs is 2. The maximum absolute atomic E-state index is 14.9. The summed E-state index contributed by atoms with van der Waals surface area (Å²) in [6.07, 6.45) is -0.191. The molecule has 2 fully saturated rings. The summed E-state index contributed by atoms with van der Waals surface area (Å²) in [6, 6.07) is 5.62. The molecule has 11 heteroatoms. The number of benzene rings is 1. The van der Waals surface area contributed by atoms with Crippen molar-refractivity contribution in [3.8, 4) is 17.0 Å². The first-order chi connectivity index (χ1) is 18.3. The van der Waals surface area contributed by atoms with E-state index in [2.05, 4.69) is 0 Å². The Labute approximate surface area is 231 Å². The zero-order valence-electron chi connectivity index (χ0n) is 22.7. The van der Waals surface area contributed by atoms with E-state index in [1.165, 1.54) is 6.07 Å². The molecule has 2 amide bonds. The number of hydrogen-bond acceptors (Lipinski definition) is 7. The Balaban J connectivity index is 1.60.